The summed E-state index contributed by atoms with van der Waals surface area (Å²) >= 11 is -2.21. The molecule has 0 spiro atoms. The molecule has 0 aromatic rings. The van der Waals surface area contributed by atoms with Gasteiger partial charge >= 0.3 is 27.8 Å². The lowest BCUT2D eigenvalue weighted by Crippen LogP contribution is -2.70. The topological polar surface area (TPSA) is 461 Å². The molecular weight excluding hydrogens is 987 g/mol. The van der Waals surface area contributed by atoms with Crippen molar-refractivity contribution in [2.24, 2.45) is 71.0 Å². The van der Waals surface area contributed by atoms with Crippen molar-refractivity contribution in [1.29, 1.82) is 0 Å². The van der Waals surface area contributed by atoms with Gasteiger partial charge < -0.3 is 103 Å². The fraction of sp³-hybridized carbons (Fsp3) is 0.864. The van der Waals surface area contributed by atoms with Crippen molar-refractivity contribution in [3.05, 3.63) is 0 Å². The summed E-state index contributed by atoms with van der Waals surface area (Å²) in [5, 5.41) is 161. The van der Waals surface area contributed by atoms with Crippen LogP contribution in [0.25, 0.3) is 0 Å². The summed E-state index contributed by atoms with van der Waals surface area (Å²) in [4.78, 5) is 83.2. The van der Waals surface area contributed by atoms with Crippen LogP contribution in [-0.2, 0) is 55.3 Å². The van der Waals surface area contributed by atoms with Crippen LogP contribution in [0, 0.1) is 71.0 Å². The van der Waals surface area contributed by atoms with Gasteiger partial charge in [0.2, 0.25) is 0 Å². The number of carboxylic acid groups (broad SMARTS) is 2. The quantitative estimate of drug-likeness (QED) is 0.0637. The van der Waals surface area contributed by atoms with E-state index in [2.05, 4.69) is 0 Å². The molecule has 0 aromatic heterocycles. The Morgan fingerprint density at radius 3 is 1.38 bits per heavy atom. The summed E-state index contributed by atoms with van der Waals surface area (Å²) in [5.41, 5.74) is 0. The molecule has 8 aliphatic rings. The zero-order chi connectivity index (χ0) is 52.8. The van der Waals surface area contributed by atoms with E-state index in [1.54, 1.807) is 0 Å². The fourth-order valence-electron chi connectivity index (χ4n) is 13.5. The number of hydrogen-bond donors (Lipinski definition) is 15. The molecule has 0 aromatic carbocycles. The van der Waals surface area contributed by atoms with Gasteiger partial charge in [0.15, 0.2) is 12.6 Å². The molecule has 2 heterocycles. The average molecular weight is 1050 g/mol. The third-order valence-corrected chi connectivity index (χ3v) is 17.9. The Hall–Kier alpha value is -2.61. The largest absolute Gasteiger partial charge is 0.668 e. The number of aliphatic carboxylic acids is 2. The summed E-state index contributed by atoms with van der Waals surface area (Å²) < 4.78 is 35.0. The molecule has 2 aliphatic heterocycles. The Balaban J connectivity index is 1.12. The minimum Gasteiger partial charge on any atom is -0.481 e. The molecule has 31 unspecified atom stereocenters. The summed E-state index contributed by atoms with van der Waals surface area (Å²) in [6.45, 7) is 0.919. The lowest BCUT2D eigenvalue weighted by atomic mass is 9.52. The van der Waals surface area contributed by atoms with Crippen molar-refractivity contribution in [1.82, 2.24) is 0 Å². The molecule has 6 aliphatic carbocycles. The number of fused-ring (bicyclic) bond motifs is 4. The molecule has 0 bridgehead atoms. The summed E-state index contributed by atoms with van der Waals surface area (Å²) in [7, 11) is 0. The van der Waals surface area contributed by atoms with Crippen LogP contribution in [0.4, 0.5) is 0 Å². The van der Waals surface area contributed by atoms with Crippen molar-refractivity contribution in [2.45, 2.75) is 149 Å². The molecular formula is C44H62AlO27. The van der Waals surface area contributed by atoms with Gasteiger partial charge in [-0.2, -0.15) is 0 Å². The summed E-state index contributed by atoms with van der Waals surface area (Å²) in [6, 6.07) is 0. The van der Waals surface area contributed by atoms with Crippen molar-refractivity contribution >= 4 is 51.0 Å². The number of carbonyl (C=O) groups excluding carboxylic acids is 4. The third kappa shape index (κ3) is 9.23. The van der Waals surface area contributed by atoms with E-state index in [9.17, 15) is 105 Å². The number of carboxylic acids is 2. The Morgan fingerprint density at radius 1 is 0.486 bits per heavy atom. The zero-order valence-electron chi connectivity index (χ0n) is 38.6. The lowest BCUT2D eigenvalue weighted by molar-refractivity contribution is -0.333. The van der Waals surface area contributed by atoms with Gasteiger partial charge in [-0.05, 0) is 31.1 Å². The third-order valence-electron chi connectivity index (χ3n) is 17.1. The van der Waals surface area contributed by atoms with Gasteiger partial charge in [0.1, 0.15) is 90.3 Å². The molecule has 72 heavy (non-hydrogen) atoms. The van der Waals surface area contributed by atoms with E-state index in [1.165, 1.54) is 13.8 Å². The first-order chi connectivity index (χ1) is 33.9. The Morgan fingerprint density at radius 2 is 0.903 bits per heavy atom. The van der Waals surface area contributed by atoms with E-state index >= 15 is 0 Å². The number of hydrogen-bond acceptors (Lipinski definition) is 25. The van der Waals surface area contributed by atoms with Crippen LogP contribution in [0.15, 0.2) is 0 Å². The second-order valence-electron chi connectivity index (χ2n) is 20.8. The van der Waals surface area contributed by atoms with E-state index < -0.39 is 271 Å². The fourth-order valence-corrected chi connectivity index (χ4v) is 14.4. The van der Waals surface area contributed by atoms with Crippen molar-refractivity contribution < 1.29 is 132 Å². The normalized spacial score (nSPS) is 52.6. The first kappa shape index (κ1) is 55.6. The van der Waals surface area contributed by atoms with E-state index in [0.717, 1.165) is 0 Å². The molecule has 1 radical (unpaired) electrons. The van der Waals surface area contributed by atoms with Gasteiger partial charge in [-0.1, -0.05) is 13.8 Å². The molecule has 15 N–H and O–H groups in total. The van der Waals surface area contributed by atoms with Crippen LogP contribution in [-0.4, -0.2) is 257 Å². The molecule has 6 saturated carbocycles. The van der Waals surface area contributed by atoms with E-state index in [0.29, 0.717) is 0 Å². The predicted octanol–water partition coefficient (Wildman–Crippen LogP) is -8.40. The first-order valence-electron chi connectivity index (χ1n) is 23.9. The Bertz CT molecular complexity index is 2060. The Kier molecular flexibility index (Phi) is 16.6. The smallest absolute Gasteiger partial charge is 0.481 e. The summed E-state index contributed by atoms with van der Waals surface area (Å²) in [6.07, 6.45) is -37.4. The van der Waals surface area contributed by atoms with Gasteiger partial charge in [-0.15, -0.1) is 0 Å². The van der Waals surface area contributed by atoms with Crippen LogP contribution >= 0.6 is 0 Å². The number of ketones is 4. The monoisotopic (exact) mass is 1050 g/mol. The number of rotatable bonds is 12. The minimum absolute atomic E-state index is 0.467. The zero-order valence-corrected chi connectivity index (χ0v) is 39.8. The van der Waals surface area contributed by atoms with E-state index in [-0.39, 0.29) is 0 Å². The van der Waals surface area contributed by atoms with Gasteiger partial charge in [0.25, 0.3) is 0 Å². The van der Waals surface area contributed by atoms with Gasteiger partial charge in [0, 0.05) is 29.6 Å². The van der Waals surface area contributed by atoms with Gasteiger partial charge in [-0.3, -0.25) is 28.8 Å². The molecule has 8 fully saturated rings. The highest BCUT2D eigenvalue weighted by molar-refractivity contribution is 6.18. The highest BCUT2D eigenvalue weighted by Gasteiger charge is 2.67. The number of ether oxygens (including phenoxy) is 4. The molecule has 27 nitrogen and oxygen atoms in total. The van der Waals surface area contributed by atoms with Gasteiger partial charge in [0.05, 0.1) is 79.4 Å². The molecule has 28 heteroatoms. The van der Waals surface area contributed by atoms with E-state index in [1.807, 2.05) is 0 Å². The highest BCUT2D eigenvalue weighted by Crippen LogP contribution is 2.53. The maximum Gasteiger partial charge on any atom is 0.668 e. The molecule has 8 rings (SSSR count). The second kappa shape index (κ2) is 21.4. The molecule has 31 atom stereocenters. The van der Waals surface area contributed by atoms with Crippen LogP contribution < -0.4 is 0 Å². The number of Topliss-reactive ketones (excluding diaryl/α,β-unsaturated/α-hetero) is 4. The van der Waals surface area contributed by atoms with Crippen molar-refractivity contribution in [3.8, 4) is 0 Å². The van der Waals surface area contributed by atoms with Crippen LogP contribution in [0.3, 0.4) is 0 Å². The lowest BCUT2D eigenvalue weighted by Gasteiger charge is -2.55. The molecule has 0 amide bonds. The number of aliphatic hydroxyl groups is 13. The second-order valence-corrected chi connectivity index (χ2v) is 21.5. The SMILES string of the molecule is CC1C(C(=O)O)C(O)CC2C(=O)C3C(CC(OC4OC(CO)C(O)C(O)C4O)C(O)C3[O][Al][O]C3C(O)C(OC4OC(CO)C(O)C(O)C4O)C(O)C4C(=O)C5C(CC(O)C(C(=O)O)C5C)C(=O)C34)C(=O)C21. The molecule has 403 valence electrons. The van der Waals surface area contributed by atoms with Crippen molar-refractivity contribution in [3.63, 3.8) is 0 Å². The van der Waals surface area contributed by atoms with Crippen LogP contribution in [0.5, 0.6) is 0 Å². The van der Waals surface area contributed by atoms with Crippen LogP contribution in [0.1, 0.15) is 33.1 Å². The molecule has 2 saturated heterocycles. The van der Waals surface area contributed by atoms with Gasteiger partial charge in [-0.25, -0.2) is 0 Å². The standard InChI is InChI=1S/C22H31O14.C22H31O13.Al/c1-4-8-5(2-6(24)9(4)21(33)34)12(25)10-11(14(8)27)16(29)20(18(31)15(10)28)36-22-19(32)17(30)13(26)7(3-23)35-22;1-5-11-6(2-8(24)12(5)21(32)33)15(26)13-7(14(11)25)3-9(16(27)18(13)29)34-22-20(31)19(30)17(28)10(4-23)35-22;/h4-11,13,15-20,22-24,26,29-32H,2-3H2,1H3,(H,33,34);5-13,16-20,22-24,27-28,30-31H,2-4H2,1H3,(H,32,33);/q2*-1;+2. The highest BCUT2D eigenvalue weighted by atomic mass is 27.2. The number of carbonyl (C=O) groups is 6. The Labute approximate surface area is 415 Å². The number of aliphatic hydroxyl groups excluding tert-OH is 13. The maximum atomic E-state index is 14.7. The van der Waals surface area contributed by atoms with Crippen molar-refractivity contribution in [2.75, 3.05) is 13.2 Å². The maximum absolute atomic E-state index is 14.7. The predicted molar refractivity (Wildman–Crippen MR) is 225 cm³/mol. The first-order valence-corrected chi connectivity index (χ1v) is 24.9. The summed E-state index contributed by atoms with van der Waals surface area (Å²) in [5.74, 6) is -23.4. The minimum atomic E-state index is -2.21. The average Bonchev–Trinajstić information content (AvgIpc) is 3.32. The van der Waals surface area contributed by atoms with Crippen LogP contribution in [0.2, 0.25) is 0 Å². The van der Waals surface area contributed by atoms with E-state index in [4.69, 9.17) is 26.5 Å².